The Morgan fingerprint density at radius 1 is 0.957 bits per heavy atom. The summed E-state index contributed by atoms with van der Waals surface area (Å²) >= 11 is 6.35. The van der Waals surface area contributed by atoms with Crippen LogP contribution in [0.5, 0.6) is 0 Å². The third kappa shape index (κ3) is 5.38. The quantitative estimate of drug-likeness (QED) is 0.248. The third-order valence-electron chi connectivity index (χ3n) is 10.2. The molecule has 236 valence electrons. The predicted molar refractivity (Wildman–Crippen MR) is 176 cm³/mol. The van der Waals surface area contributed by atoms with Gasteiger partial charge in [0.05, 0.1) is 12.6 Å². The molecule has 1 heterocycles. The average Bonchev–Trinajstić information content (AvgIpc) is 3.03. The molecule has 0 saturated heterocycles. The second kappa shape index (κ2) is 11.7. The first-order valence-corrected chi connectivity index (χ1v) is 16.2. The molecule has 4 aliphatic rings. The maximum absolute atomic E-state index is 13.9. The van der Waals surface area contributed by atoms with E-state index in [1.165, 1.54) is 7.11 Å². The summed E-state index contributed by atoms with van der Waals surface area (Å²) in [4.78, 5) is 52.6. The van der Waals surface area contributed by atoms with Gasteiger partial charge in [0.15, 0.2) is 5.43 Å². The summed E-state index contributed by atoms with van der Waals surface area (Å²) in [6.07, 6.45) is 5.19. The van der Waals surface area contributed by atoms with Crippen LogP contribution in [0.1, 0.15) is 71.0 Å². The molecule has 4 aromatic rings. The van der Waals surface area contributed by atoms with Crippen LogP contribution < -0.4 is 16.1 Å². The van der Waals surface area contributed by atoms with Gasteiger partial charge >= 0.3 is 5.97 Å². The van der Waals surface area contributed by atoms with Crippen molar-refractivity contribution in [2.24, 2.45) is 17.8 Å². The number of hydrogen-bond donors (Lipinski definition) is 2. The Balaban J connectivity index is 1.17. The maximum Gasteiger partial charge on any atom is 0.355 e. The van der Waals surface area contributed by atoms with Crippen molar-refractivity contribution in [1.29, 1.82) is 0 Å². The summed E-state index contributed by atoms with van der Waals surface area (Å²) in [5, 5.41) is 7.46. The predicted octanol–water partition coefficient (Wildman–Crippen LogP) is 5.83. The fraction of sp³-hybridized carbons (Fsp3) is 0.351. The number of para-hydroxylation sites is 1. The monoisotopic (exact) mass is 637 g/mol. The Labute approximate surface area is 272 Å². The van der Waals surface area contributed by atoms with Gasteiger partial charge in [0.2, 0.25) is 5.91 Å². The number of carbonyl (C=O) groups excluding carboxylic acids is 3. The number of methoxy groups -OCH3 is 1. The molecule has 5 atom stereocenters. The highest BCUT2D eigenvalue weighted by Crippen LogP contribution is 2.55. The van der Waals surface area contributed by atoms with E-state index < -0.39 is 5.97 Å². The first-order chi connectivity index (χ1) is 22.1. The average molecular weight is 638 g/mol. The number of aromatic nitrogens is 1. The number of nitrogens with one attached hydrogen (secondary N) is 2. The summed E-state index contributed by atoms with van der Waals surface area (Å²) in [5.74, 6) is 0.575. The van der Waals surface area contributed by atoms with Gasteiger partial charge in [-0.25, -0.2) is 4.79 Å². The number of hydrogen-bond acceptors (Lipinski definition) is 5. The Kier molecular flexibility index (Phi) is 7.71. The number of esters is 1. The molecule has 8 nitrogen and oxygen atoms in total. The third-order valence-corrected chi connectivity index (χ3v) is 10.5. The van der Waals surface area contributed by atoms with Gasteiger partial charge < -0.3 is 19.9 Å². The zero-order valence-electron chi connectivity index (χ0n) is 25.8. The van der Waals surface area contributed by atoms with Crippen LogP contribution in [0.4, 0.5) is 0 Å². The lowest BCUT2D eigenvalue weighted by Crippen LogP contribution is -2.66. The van der Waals surface area contributed by atoms with Crippen molar-refractivity contribution in [3.05, 3.63) is 110 Å². The number of amides is 2. The van der Waals surface area contributed by atoms with Crippen LogP contribution in [0.25, 0.3) is 16.6 Å². The molecule has 1 aromatic heterocycles. The first-order valence-electron chi connectivity index (χ1n) is 15.8. The van der Waals surface area contributed by atoms with Gasteiger partial charge in [-0.05, 0) is 97.9 Å². The standard InChI is InChI=1S/C37H36ClN3O5/c1-21(42)40-37-18-23-14-25(19-37)32(26(15-23)20-37)39-35(44)24-10-8-22(9-11-24)16-30-33(36(45)46-2)41(28-6-4-3-5-7-28)31-17-27(38)12-13-29(31)34(30)43/h3-13,17,23,25-26,32H,14-16,18-20H2,1-2H3,(H,39,44)(H,40,42)/t23?,25-,26?,32?,37?/m1/s1. The van der Waals surface area contributed by atoms with Gasteiger partial charge in [0, 0.05) is 52.1 Å². The van der Waals surface area contributed by atoms with E-state index in [-0.39, 0.29) is 40.9 Å². The van der Waals surface area contributed by atoms with E-state index in [2.05, 4.69) is 10.6 Å². The lowest BCUT2D eigenvalue weighted by molar-refractivity contribution is -0.125. The van der Waals surface area contributed by atoms with Crippen LogP contribution in [0, 0.1) is 17.8 Å². The lowest BCUT2D eigenvalue weighted by atomic mass is 9.51. The van der Waals surface area contributed by atoms with E-state index in [0.29, 0.717) is 50.5 Å². The highest BCUT2D eigenvalue weighted by molar-refractivity contribution is 6.31. The van der Waals surface area contributed by atoms with Crippen LogP contribution in [-0.2, 0) is 16.0 Å². The highest BCUT2D eigenvalue weighted by Gasteiger charge is 2.56. The molecular formula is C37H36ClN3O5. The number of nitrogens with zero attached hydrogens (tertiary/aromatic N) is 1. The van der Waals surface area contributed by atoms with E-state index >= 15 is 0 Å². The van der Waals surface area contributed by atoms with E-state index in [4.69, 9.17) is 16.3 Å². The zero-order valence-corrected chi connectivity index (χ0v) is 26.6. The SMILES string of the molecule is COC(=O)c1c(Cc2ccc(C(=O)NC3C4CC5C[C@@H]3CC(NC(C)=O)(C5)C4)cc2)c(=O)c2ccc(Cl)cc2n1-c1ccccc1. The van der Waals surface area contributed by atoms with Crippen molar-refractivity contribution >= 4 is 40.3 Å². The van der Waals surface area contributed by atoms with E-state index in [0.717, 1.165) is 37.7 Å². The van der Waals surface area contributed by atoms with Crippen molar-refractivity contribution < 1.29 is 19.1 Å². The Hall–Kier alpha value is -4.43. The molecule has 2 amide bonds. The largest absolute Gasteiger partial charge is 0.464 e. The van der Waals surface area contributed by atoms with Crippen LogP contribution in [0.15, 0.2) is 77.6 Å². The van der Waals surface area contributed by atoms with Crippen molar-refractivity contribution in [1.82, 2.24) is 15.2 Å². The first kappa shape index (κ1) is 30.2. The second-order valence-corrected chi connectivity index (χ2v) is 13.7. The molecule has 46 heavy (non-hydrogen) atoms. The van der Waals surface area contributed by atoms with Gasteiger partial charge in [-0.2, -0.15) is 0 Å². The summed E-state index contributed by atoms with van der Waals surface area (Å²) in [5.41, 5.74) is 2.54. The fourth-order valence-electron chi connectivity index (χ4n) is 8.73. The number of rotatable bonds is 7. The minimum absolute atomic E-state index is 0.0217. The molecule has 4 aliphatic carbocycles. The normalized spacial score (nSPS) is 24.5. The molecule has 4 fully saturated rings. The Bertz CT molecular complexity index is 1900. The fourth-order valence-corrected chi connectivity index (χ4v) is 8.89. The van der Waals surface area contributed by atoms with Crippen LogP contribution in [0.2, 0.25) is 5.02 Å². The molecule has 9 heteroatoms. The number of benzene rings is 3. The topological polar surface area (TPSA) is 106 Å². The maximum atomic E-state index is 13.9. The van der Waals surface area contributed by atoms with Crippen molar-refractivity contribution in [2.45, 2.75) is 57.0 Å². The van der Waals surface area contributed by atoms with E-state index in [1.807, 2.05) is 42.5 Å². The van der Waals surface area contributed by atoms with Crippen molar-refractivity contribution in [2.75, 3.05) is 7.11 Å². The summed E-state index contributed by atoms with van der Waals surface area (Å²) in [6.45, 7) is 1.59. The van der Waals surface area contributed by atoms with Gasteiger partial charge in [0.25, 0.3) is 5.91 Å². The molecule has 2 N–H and O–H groups in total. The molecule has 4 bridgehead atoms. The van der Waals surface area contributed by atoms with Gasteiger partial charge in [-0.3, -0.25) is 14.4 Å². The van der Waals surface area contributed by atoms with Crippen LogP contribution in [-0.4, -0.2) is 41.0 Å². The van der Waals surface area contributed by atoms with Gasteiger partial charge in [0.1, 0.15) is 5.69 Å². The molecule has 0 radical (unpaired) electrons. The number of fused-ring (bicyclic) bond motifs is 1. The Morgan fingerprint density at radius 3 is 2.30 bits per heavy atom. The Morgan fingerprint density at radius 2 is 1.65 bits per heavy atom. The summed E-state index contributed by atoms with van der Waals surface area (Å²) < 4.78 is 6.92. The van der Waals surface area contributed by atoms with E-state index in [9.17, 15) is 19.2 Å². The summed E-state index contributed by atoms with van der Waals surface area (Å²) in [6, 6.07) is 21.6. The number of halogens is 1. The van der Waals surface area contributed by atoms with Crippen LogP contribution in [0.3, 0.4) is 0 Å². The number of ether oxygens (including phenoxy) is 1. The molecule has 0 aliphatic heterocycles. The molecule has 4 saturated carbocycles. The minimum atomic E-state index is -0.634. The van der Waals surface area contributed by atoms with E-state index in [1.54, 1.807) is 41.8 Å². The van der Waals surface area contributed by atoms with Crippen molar-refractivity contribution in [3.63, 3.8) is 0 Å². The van der Waals surface area contributed by atoms with Gasteiger partial charge in [-0.1, -0.05) is 41.9 Å². The molecule has 8 rings (SSSR count). The molecule has 4 unspecified atom stereocenters. The summed E-state index contributed by atoms with van der Waals surface area (Å²) in [7, 11) is 1.30. The molecular weight excluding hydrogens is 602 g/mol. The minimum Gasteiger partial charge on any atom is -0.464 e. The second-order valence-electron chi connectivity index (χ2n) is 13.3. The lowest BCUT2D eigenvalue weighted by Gasteiger charge is -2.60. The van der Waals surface area contributed by atoms with Crippen LogP contribution >= 0.6 is 11.6 Å². The molecule has 3 aromatic carbocycles. The zero-order chi connectivity index (χ0) is 32.2. The molecule has 0 spiro atoms. The van der Waals surface area contributed by atoms with Gasteiger partial charge in [-0.15, -0.1) is 0 Å². The number of carbonyl (C=O) groups is 3. The smallest absolute Gasteiger partial charge is 0.355 e. The number of pyridine rings is 1. The van der Waals surface area contributed by atoms with Crippen molar-refractivity contribution in [3.8, 4) is 5.69 Å². The highest BCUT2D eigenvalue weighted by atomic mass is 35.5.